The van der Waals surface area contributed by atoms with Gasteiger partial charge in [0.25, 0.3) is 6.29 Å². The van der Waals surface area contributed by atoms with E-state index in [4.69, 9.17) is 18.9 Å². The number of likely N-dealkylation sites (N-methyl/N-ethyl adjacent to an activating group) is 1. The van der Waals surface area contributed by atoms with Gasteiger partial charge in [-0.1, -0.05) is 280 Å². The summed E-state index contributed by atoms with van der Waals surface area (Å²) in [5.41, 5.74) is 0. The van der Waals surface area contributed by atoms with Gasteiger partial charge in [0.05, 0.1) is 34.4 Å². The summed E-state index contributed by atoms with van der Waals surface area (Å²) in [5, 5.41) is 9.71. The Bertz CT molecular complexity index is 1480. The van der Waals surface area contributed by atoms with E-state index < -0.39 is 24.3 Å². The molecule has 79 heavy (non-hydrogen) atoms. The van der Waals surface area contributed by atoms with Gasteiger partial charge >= 0.3 is 17.9 Å². The molecule has 9 nitrogen and oxygen atoms in total. The predicted octanol–water partition coefficient (Wildman–Crippen LogP) is 20.4. The monoisotopic (exact) mass is 1110 g/mol. The van der Waals surface area contributed by atoms with Crippen LogP contribution in [0.3, 0.4) is 0 Å². The first kappa shape index (κ1) is 76.0. The highest BCUT2D eigenvalue weighted by molar-refractivity contribution is 5.71. The zero-order valence-corrected chi connectivity index (χ0v) is 52.5. The van der Waals surface area contributed by atoms with E-state index in [1.165, 1.54) is 205 Å². The topological polar surface area (TPSA) is 108 Å². The van der Waals surface area contributed by atoms with Crippen LogP contribution in [0.4, 0.5) is 0 Å². The molecule has 0 rings (SSSR count). The molecule has 0 aromatic carbocycles. The number of allylic oxidation sites excluding steroid dienone is 10. The molecule has 0 radical (unpaired) electrons. The molecule has 0 amide bonds. The minimum absolute atomic E-state index is 0.183. The van der Waals surface area contributed by atoms with Gasteiger partial charge in [-0.3, -0.25) is 9.59 Å². The van der Waals surface area contributed by atoms with Crippen LogP contribution in [-0.2, 0) is 33.3 Å². The zero-order valence-electron chi connectivity index (χ0n) is 52.5. The number of ether oxygens (including phenoxy) is 4. The number of carboxylic acids is 1. The van der Waals surface area contributed by atoms with Crippen molar-refractivity contribution >= 4 is 17.9 Å². The maximum atomic E-state index is 12.9. The van der Waals surface area contributed by atoms with Crippen LogP contribution in [0, 0.1) is 0 Å². The number of carbonyl (C=O) groups excluding carboxylic acids is 2. The zero-order chi connectivity index (χ0) is 57.6. The number of esters is 2. The van der Waals surface area contributed by atoms with Crippen LogP contribution in [0.2, 0.25) is 0 Å². The van der Waals surface area contributed by atoms with Gasteiger partial charge in [0, 0.05) is 12.8 Å². The number of rotatable bonds is 62. The lowest BCUT2D eigenvalue weighted by molar-refractivity contribution is -0.870. The highest BCUT2D eigenvalue weighted by Gasteiger charge is 2.25. The fraction of sp³-hybridized carbons (Fsp3) is 0.814. The van der Waals surface area contributed by atoms with Gasteiger partial charge in [0.15, 0.2) is 6.10 Å². The number of hydrogen-bond donors (Lipinski definition) is 1. The summed E-state index contributed by atoms with van der Waals surface area (Å²) >= 11 is 0. The Labute approximate surface area is 488 Å². The smallest absolute Gasteiger partial charge is 0.361 e. The molecule has 0 aliphatic heterocycles. The molecule has 0 saturated heterocycles. The summed E-state index contributed by atoms with van der Waals surface area (Å²) in [4.78, 5) is 37.5. The van der Waals surface area contributed by atoms with Crippen molar-refractivity contribution < 1.29 is 42.9 Å². The van der Waals surface area contributed by atoms with E-state index in [2.05, 4.69) is 74.6 Å². The Balaban J connectivity index is 3.95. The Morgan fingerprint density at radius 2 is 0.722 bits per heavy atom. The molecule has 1 N–H and O–H groups in total. The maximum absolute atomic E-state index is 12.9. The lowest BCUT2D eigenvalue weighted by Crippen LogP contribution is -2.40. The first-order valence-electron chi connectivity index (χ1n) is 33.5. The molecule has 0 aromatic rings. The summed E-state index contributed by atoms with van der Waals surface area (Å²) in [6.45, 7) is 4.78. The molecular weight excluding hydrogens is 983 g/mol. The highest BCUT2D eigenvalue weighted by Crippen LogP contribution is 2.18. The molecule has 9 heteroatoms. The van der Waals surface area contributed by atoms with E-state index in [9.17, 15) is 19.5 Å². The van der Waals surface area contributed by atoms with E-state index in [1.54, 1.807) is 0 Å². The predicted molar refractivity (Wildman–Crippen MR) is 336 cm³/mol. The SMILES string of the molecule is CC/C=C\C/C=C\C/C=C\C/C=C\CCCCCCCCCCCCCCCCCCCCCCCCCCCCC(=O)OC(COC(=O)CCCCCCC/C=C\CCCCCCCC)COC(OCC[N+](C)(C)C)C(=O)O. The molecule has 2 atom stereocenters. The number of unbranched alkanes of at least 4 members (excludes halogenated alkanes) is 37. The van der Waals surface area contributed by atoms with Crippen molar-refractivity contribution in [2.24, 2.45) is 0 Å². The van der Waals surface area contributed by atoms with Crippen molar-refractivity contribution in [2.45, 2.75) is 322 Å². The summed E-state index contributed by atoms with van der Waals surface area (Å²) in [6.07, 6.45) is 76.3. The van der Waals surface area contributed by atoms with E-state index >= 15 is 0 Å². The van der Waals surface area contributed by atoms with Crippen LogP contribution in [0.15, 0.2) is 60.8 Å². The van der Waals surface area contributed by atoms with Crippen LogP contribution in [-0.4, -0.2) is 87.4 Å². The van der Waals surface area contributed by atoms with Crippen LogP contribution in [0.5, 0.6) is 0 Å². The van der Waals surface area contributed by atoms with E-state index in [0.29, 0.717) is 17.4 Å². The number of carboxylic acid groups (broad SMARTS) is 1. The first-order valence-corrected chi connectivity index (χ1v) is 33.5. The summed E-state index contributed by atoms with van der Waals surface area (Å²) < 4.78 is 22.9. The second-order valence-electron chi connectivity index (χ2n) is 23.7. The molecule has 0 heterocycles. The van der Waals surface area contributed by atoms with Crippen molar-refractivity contribution in [1.29, 1.82) is 0 Å². The third kappa shape index (κ3) is 62.4. The number of aliphatic carboxylic acids is 1. The van der Waals surface area contributed by atoms with Crippen LogP contribution < -0.4 is 0 Å². The lowest BCUT2D eigenvalue weighted by Gasteiger charge is -2.25. The highest BCUT2D eigenvalue weighted by atomic mass is 16.7. The molecule has 0 aromatic heterocycles. The van der Waals surface area contributed by atoms with Crippen molar-refractivity contribution in [3.8, 4) is 0 Å². The Hall–Kier alpha value is -3.01. The fourth-order valence-corrected chi connectivity index (χ4v) is 9.65. The normalized spacial score (nSPS) is 13.1. The van der Waals surface area contributed by atoms with E-state index in [-0.39, 0.29) is 32.2 Å². The van der Waals surface area contributed by atoms with Crippen molar-refractivity contribution in [3.63, 3.8) is 0 Å². The maximum Gasteiger partial charge on any atom is 0.361 e. The van der Waals surface area contributed by atoms with Gasteiger partial charge in [-0.25, -0.2) is 4.79 Å². The average Bonchev–Trinajstić information content (AvgIpc) is 3.42. The molecule has 2 unspecified atom stereocenters. The number of nitrogens with zero attached hydrogens (tertiary/aromatic N) is 1. The van der Waals surface area contributed by atoms with Gasteiger partial charge in [-0.2, -0.15) is 0 Å². The van der Waals surface area contributed by atoms with Crippen LogP contribution in [0.1, 0.15) is 309 Å². The second kappa shape index (κ2) is 61.1. The Morgan fingerprint density at radius 3 is 1.09 bits per heavy atom. The van der Waals surface area contributed by atoms with E-state index in [0.717, 1.165) is 77.0 Å². The van der Waals surface area contributed by atoms with E-state index in [1.807, 2.05) is 21.1 Å². The minimum Gasteiger partial charge on any atom is -0.477 e. The largest absolute Gasteiger partial charge is 0.477 e. The van der Waals surface area contributed by atoms with Crippen molar-refractivity contribution in [3.05, 3.63) is 60.8 Å². The lowest BCUT2D eigenvalue weighted by atomic mass is 10.0. The molecule has 0 spiro atoms. The van der Waals surface area contributed by atoms with Gasteiger partial charge < -0.3 is 28.5 Å². The van der Waals surface area contributed by atoms with Gasteiger partial charge in [-0.05, 0) is 77.0 Å². The third-order valence-corrected chi connectivity index (χ3v) is 14.8. The number of carbonyl (C=O) groups is 3. The third-order valence-electron chi connectivity index (χ3n) is 14.8. The summed E-state index contributed by atoms with van der Waals surface area (Å²) in [6, 6.07) is 0. The minimum atomic E-state index is -1.51. The molecule has 0 fully saturated rings. The first-order chi connectivity index (χ1) is 38.6. The van der Waals surface area contributed by atoms with Gasteiger partial charge in [-0.15, -0.1) is 0 Å². The number of hydrogen-bond acceptors (Lipinski definition) is 7. The Kier molecular flexibility index (Phi) is 58.7. The second-order valence-corrected chi connectivity index (χ2v) is 23.7. The summed E-state index contributed by atoms with van der Waals surface area (Å²) in [5.74, 6) is -2.00. The molecular formula is C70H128NO8+. The van der Waals surface area contributed by atoms with Gasteiger partial charge in [0.2, 0.25) is 0 Å². The Morgan fingerprint density at radius 1 is 0.392 bits per heavy atom. The average molecular weight is 1110 g/mol. The van der Waals surface area contributed by atoms with Crippen molar-refractivity contribution in [2.75, 3.05) is 47.5 Å². The standard InChI is InChI=1S/C70H127NO8/c1-6-8-10-12-14-16-18-20-22-23-24-25-26-27-28-29-30-31-32-33-34-35-36-37-38-39-40-41-42-43-44-45-47-49-51-53-55-57-59-61-68(73)79-66(65-78-70(69(74)75)76-63-62-71(3,4)5)64-77-67(72)60-58-56-54-52-50-48-46-21-19-17-15-13-11-9-7-2/h8,10,14,16,20-22,24-25,46,66,70H,6-7,9,11-13,15,17-19,23,26-45,47-65H2,1-5H3/p+1/b10-8-,16-14-,22-20-,25-24-,46-21-. The fourth-order valence-electron chi connectivity index (χ4n) is 9.65. The molecule has 0 aliphatic rings. The summed E-state index contributed by atoms with van der Waals surface area (Å²) in [7, 11) is 5.98. The molecule has 0 aliphatic carbocycles. The van der Waals surface area contributed by atoms with Gasteiger partial charge in [0.1, 0.15) is 13.2 Å². The van der Waals surface area contributed by atoms with Crippen molar-refractivity contribution in [1.82, 2.24) is 0 Å². The number of quaternary nitrogens is 1. The quantitative estimate of drug-likeness (QED) is 0.0211. The molecule has 0 bridgehead atoms. The molecule has 0 saturated carbocycles. The van der Waals surface area contributed by atoms with Crippen LogP contribution in [0.25, 0.3) is 0 Å². The van der Waals surface area contributed by atoms with Crippen LogP contribution >= 0.6 is 0 Å². The molecule has 460 valence electrons.